The highest BCUT2D eigenvalue weighted by atomic mass is 16.7. The summed E-state index contributed by atoms with van der Waals surface area (Å²) in [7, 11) is 0. The number of nitrogen functional groups attached to an aromatic ring is 1. The number of fused-ring (bicyclic) bond motifs is 1. The molecule has 0 radical (unpaired) electrons. The zero-order chi connectivity index (χ0) is 25.0. The molecule has 188 valence electrons. The van der Waals surface area contributed by atoms with E-state index in [0.717, 1.165) is 61.4 Å². The van der Waals surface area contributed by atoms with E-state index in [-0.39, 0.29) is 0 Å². The van der Waals surface area contributed by atoms with E-state index in [1.807, 2.05) is 47.4 Å². The van der Waals surface area contributed by atoms with Gasteiger partial charge in [-0.15, -0.1) is 0 Å². The summed E-state index contributed by atoms with van der Waals surface area (Å²) in [5, 5.41) is 0. The molecule has 4 aromatic rings. The average Bonchev–Trinajstić information content (AvgIpc) is 3.42. The normalized spacial score (nSPS) is 15.1. The Hall–Kier alpha value is -4.37. The Balaban J connectivity index is 1.19. The summed E-state index contributed by atoms with van der Waals surface area (Å²) in [6, 6.07) is 22.3. The quantitative estimate of drug-likeness (QED) is 0.410. The highest BCUT2D eigenvalue weighted by Crippen LogP contribution is 2.35. The van der Waals surface area contributed by atoms with Gasteiger partial charge < -0.3 is 25.0 Å². The maximum atomic E-state index is 6.74. The lowest BCUT2D eigenvalue weighted by atomic mass is 10.1. The van der Waals surface area contributed by atoms with Crippen LogP contribution in [-0.2, 0) is 13.1 Å². The largest absolute Gasteiger partial charge is 0.454 e. The summed E-state index contributed by atoms with van der Waals surface area (Å²) in [5.74, 6) is 3.86. The number of pyridine rings is 1. The number of anilines is 4. The van der Waals surface area contributed by atoms with Gasteiger partial charge in [0.05, 0.1) is 6.54 Å². The molecule has 0 atom stereocenters. The fraction of sp³-hybridized carbons (Fsp3) is 0.250. The molecule has 2 aromatic heterocycles. The van der Waals surface area contributed by atoms with Crippen molar-refractivity contribution >= 4 is 23.1 Å². The number of nitrogens with two attached hydrogens (primary N) is 1. The first-order chi connectivity index (χ1) is 18.2. The second-order valence-electron chi connectivity index (χ2n) is 9.15. The van der Waals surface area contributed by atoms with Crippen LogP contribution in [0.5, 0.6) is 11.5 Å². The van der Waals surface area contributed by atoms with Gasteiger partial charge in [0.2, 0.25) is 6.79 Å². The summed E-state index contributed by atoms with van der Waals surface area (Å²) in [5.41, 5.74) is 9.66. The average molecular weight is 496 g/mol. The number of hydrogen-bond donors (Lipinski definition) is 1. The monoisotopic (exact) mass is 495 g/mol. The fourth-order valence-electron chi connectivity index (χ4n) is 4.80. The number of ether oxygens (including phenoxy) is 2. The predicted octanol–water partition coefficient (Wildman–Crippen LogP) is 3.84. The van der Waals surface area contributed by atoms with E-state index in [1.54, 1.807) is 12.5 Å². The van der Waals surface area contributed by atoms with Crippen LogP contribution in [0.2, 0.25) is 0 Å². The molecule has 2 aliphatic rings. The SMILES string of the molecule is Nc1c(N2CCN(Cc3ccc4c(c3)OCO4)CC2)ncnc1N(Cc1ccccc1)c1ccccn1. The number of aromatic nitrogens is 3. The van der Waals surface area contributed by atoms with Crippen LogP contribution in [0.15, 0.2) is 79.3 Å². The van der Waals surface area contributed by atoms with E-state index in [1.165, 1.54) is 5.56 Å². The summed E-state index contributed by atoms with van der Waals surface area (Å²) < 4.78 is 11.0. The van der Waals surface area contributed by atoms with Gasteiger partial charge in [0.25, 0.3) is 0 Å². The molecule has 4 heterocycles. The smallest absolute Gasteiger partial charge is 0.231 e. The van der Waals surface area contributed by atoms with Crippen LogP contribution < -0.4 is 25.0 Å². The van der Waals surface area contributed by atoms with Crippen molar-refractivity contribution in [2.45, 2.75) is 13.1 Å². The predicted molar refractivity (Wildman–Crippen MR) is 143 cm³/mol. The summed E-state index contributed by atoms with van der Waals surface area (Å²) >= 11 is 0. The zero-order valence-corrected chi connectivity index (χ0v) is 20.5. The van der Waals surface area contributed by atoms with Gasteiger partial charge in [0.1, 0.15) is 17.8 Å². The van der Waals surface area contributed by atoms with Gasteiger partial charge >= 0.3 is 0 Å². The molecule has 0 saturated carbocycles. The van der Waals surface area contributed by atoms with Gasteiger partial charge in [0, 0.05) is 38.9 Å². The van der Waals surface area contributed by atoms with Crippen LogP contribution in [0.4, 0.5) is 23.1 Å². The topological polar surface area (TPSA) is 92.9 Å². The standard InChI is InChI=1S/C28H29N7O2/c29-26-27(34-14-12-33(13-15-34)17-22-9-10-23-24(16-22)37-20-36-23)31-19-32-28(26)35(25-8-4-5-11-30-25)18-21-6-2-1-3-7-21/h1-11,16,19H,12-15,17-18,20,29H2. The van der Waals surface area contributed by atoms with Crippen LogP contribution in [-0.4, -0.2) is 52.8 Å². The van der Waals surface area contributed by atoms with Gasteiger partial charge in [-0.2, -0.15) is 0 Å². The van der Waals surface area contributed by atoms with Gasteiger partial charge in [0.15, 0.2) is 23.1 Å². The molecule has 0 unspecified atom stereocenters. The third-order valence-electron chi connectivity index (χ3n) is 6.72. The van der Waals surface area contributed by atoms with Crippen molar-refractivity contribution in [3.05, 3.63) is 90.4 Å². The van der Waals surface area contributed by atoms with Crippen LogP contribution in [0.3, 0.4) is 0 Å². The zero-order valence-electron chi connectivity index (χ0n) is 20.5. The Bertz CT molecular complexity index is 1350. The van der Waals surface area contributed by atoms with Crippen molar-refractivity contribution in [2.24, 2.45) is 0 Å². The van der Waals surface area contributed by atoms with Gasteiger partial charge in [-0.05, 0) is 35.4 Å². The minimum absolute atomic E-state index is 0.295. The van der Waals surface area contributed by atoms with Gasteiger partial charge in [-0.3, -0.25) is 4.90 Å². The van der Waals surface area contributed by atoms with E-state index in [4.69, 9.17) is 15.2 Å². The third kappa shape index (κ3) is 4.99. The Morgan fingerprint density at radius 1 is 0.811 bits per heavy atom. The number of benzene rings is 2. The number of hydrogen-bond acceptors (Lipinski definition) is 9. The van der Waals surface area contributed by atoms with E-state index in [2.05, 4.69) is 49.0 Å². The fourth-order valence-corrected chi connectivity index (χ4v) is 4.80. The van der Waals surface area contributed by atoms with E-state index >= 15 is 0 Å². The molecule has 0 aliphatic carbocycles. The molecule has 2 N–H and O–H groups in total. The maximum absolute atomic E-state index is 6.74. The third-order valence-corrected chi connectivity index (χ3v) is 6.72. The minimum Gasteiger partial charge on any atom is -0.454 e. The number of nitrogens with zero attached hydrogens (tertiary/aromatic N) is 6. The molecule has 37 heavy (non-hydrogen) atoms. The maximum Gasteiger partial charge on any atom is 0.231 e. The molecule has 0 bridgehead atoms. The highest BCUT2D eigenvalue weighted by Gasteiger charge is 2.25. The molecule has 9 heteroatoms. The first kappa shape index (κ1) is 23.1. The van der Waals surface area contributed by atoms with Gasteiger partial charge in [-0.1, -0.05) is 42.5 Å². The lowest BCUT2D eigenvalue weighted by Crippen LogP contribution is -2.46. The lowest BCUT2D eigenvalue weighted by Gasteiger charge is -2.36. The summed E-state index contributed by atoms with van der Waals surface area (Å²) in [6.07, 6.45) is 3.38. The van der Waals surface area contributed by atoms with Gasteiger partial charge in [-0.25, -0.2) is 15.0 Å². The second-order valence-corrected chi connectivity index (χ2v) is 9.15. The van der Waals surface area contributed by atoms with Crippen LogP contribution in [0.25, 0.3) is 0 Å². The molecule has 2 aromatic carbocycles. The molecule has 0 amide bonds. The first-order valence-corrected chi connectivity index (χ1v) is 12.4. The molecular formula is C28H29N7O2. The van der Waals surface area contributed by atoms with E-state index in [0.29, 0.717) is 24.8 Å². The van der Waals surface area contributed by atoms with Crippen molar-refractivity contribution < 1.29 is 9.47 Å². The Kier molecular flexibility index (Phi) is 6.43. The van der Waals surface area contributed by atoms with Crippen LogP contribution in [0, 0.1) is 0 Å². The Labute approximate surface area is 216 Å². The van der Waals surface area contributed by atoms with Crippen molar-refractivity contribution in [1.82, 2.24) is 19.9 Å². The Morgan fingerprint density at radius 3 is 2.43 bits per heavy atom. The molecular weight excluding hydrogens is 466 g/mol. The van der Waals surface area contributed by atoms with Crippen molar-refractivity contribution in [3.8, 4) is 11.5 Å². The number of rotatable bonds is 7. The lowest BCUT2D eigenvalue weighted by molar-refractivity contribution is 0.174. The first-order valence-electron chi connectivity index (χ1n) is 12.4. The molecule has 1 fully saturated rings. The van der Waals surface area contributed by atoms with Crippen molar-refractivity contribution in [1.29, 1.82) is 0 Å². The summed E-state index contributed by atoms with van der Waals surface area (Å²) in [4.78, 5) is 20.5. The molecule has 0 spiro atoms. The molecule has 9 nitrogen and oxygen atoms in total. The molecule has 6 rings (SSSR count). The minimum atomic E-state index is 0.295. The van der Waals surface area contributed by atoms with Crippen molar-refractivity contribution in [2.75, 3.05) is 48.5 Å². The molecule has 1 saturated heterocycles. The molecule has 2 aliphatic heterocycles. The Morgan fingerprint density at radius 2 is 1.62 bits per heavy atom. The van der Waals surface area contributed by atoms with Crippen LogP contribution in [0.1, 0.15) is 11.1 Å². The van der Waals surface area contributed by atoms with E-state index in [9.17, 15) is 0 Å². The second kappa shape index (κ2) is 10.3. The summed E-state index contributed by atoms with van der Waals surface area (Å²) in [6.45, 7) is 5.22. The van der Waals surface area contributed by atoms with Crippen molar-refractivity contribution in [3.63, 3.8) is 0 Å². The van der Waals surface area contributed by atoms with E-state index < -0.39 is 0 Å². The highest BCUT2D eigenvalue weighted by molar-refractivity contribution is 5.79. The van der Waals surface area contributed by atoms with Crippen LogP contribution >= 0.6 is 0 Å². The number of piperazine rings is 1.